The lowest BCUT2D eigenvalue weighted by molar-refractivity contribution is 0.0959. The molecule has 0 unspecified atom stereocenters. The molecular weight excluding hydrogens is 238 g/mol. The van der Waals surface area contributed by atoms with Crippen LogP contribution in [0.2, 0.25) is 0 Å². The third-order valence-corrected chi connectivity index (χ3v) is 2.98. The van der Waals surface area contributed by atoms with E-state index in [2.05, 4.69) is 29.5 Å². The summed E-state index contributed by atoms with van der Waals surface area (Å²) in [6, 6.07) is 0. The highest BCUT2D eigenvalue weighted by Crippen LogP contribution is 2.24. The van der Waals surface area contributed by atoms with E-state index in [0.717, 1.165) is 6.54 Å². The molecular formula is C10H19N5OS. The predicted molar refractivity (Wildman–Crippen MR) is 71.2 cm³/mol. The molecule has 1 aromatic rings. The number of amides is 1. The number of carbonyl (C=O) groups is 1. The standard InChI is InChI=1S/C10H19N5OS/c1-6(2)5-14-10-15-8(12)7(17-10)9(16)13-4-3-11/h6H,3-5,11-12H2,1-2H3,(H,13,16)(H,14,15). The van der Waals surface area contributed by atoms with Crippen molar-refractivity contribution in [2.24, 2.45) is 11.7 Å². The summed E-state index contributed by atoms with van der Waals surface area (Å²) in [5.41, 5.74) is 11.0. The fourth-order valence-electron chi connectivity index (χ4n) is 1.13. The average molecular weight is 257 g/mol. The van der Waals surface area contributed by atoms with E-state index in [1.165, 1.54) is 11.3 Å². The van der Waals surface area contributed by atoms with Gasteiger partial charge in [-0.15, -0.1) is 0 Å². The maximum Gasteiger partial charge on any atom is 0.265 e. The van der Waals surface area contributed by atoms with E-state index < -0.39 is 0 Å². The summed E-state index contributed by atoms with van der Waals surface area (Å²) in [7, 11) is 0. The summed E-state index contributed by atoms with van der Waals surface area (Å²) in [6.07, 6.45) is 0. The summed E-state index contributed by atoms with van der Waals surface area (Å²) in [5.74, 6) is 0.550. The van der Waals surface area contributed by atoms with Crippen LogP contribution in [0, 0.1) is 5.92 Å². The Morgan fingerprint density at radius 1 is 1.53 bits per heavy atom. The molecule has 96 valence electrons. The number of nitrogens with one attached hydrogen (secondary N) is 2. The Labute approximate surface area is 105 Å². The molecule has 0 aromatic carbocycles. The molecule has 0 fully saturated rings. The van der Waals surface area contributed by atoms with Crippen molar-refractivity contribution in [1.82, 2.24) is 10.3 Å². The molecule has 1 aromatic heterocycles. The molecule has 7 heteroatoms. The minimum Gasteiger partial charge on any atom is -0.382 e. The zero-order chi connectivity index (χ0) is 12.8. The zero-order valence-electron chi connectivity index (χ0n) is 10.1. The predicted octanol–water partition coefficient (Wildman–Crippen LogP) is 0.482. The number of nitrogens with two attached hydrogens (primary N) is 2. The molecule has 0 spiro atoms. The van der Waals surface area contributed by atoms with Gasteiger partial charge >= 0.3 is 0 Å². The van der Waals surface area contributed by atoms with Crippen LogP contribution in [0.5, 0.6) is 0 Å². The highest BCUT2D eigenvalue weighted by Gasteiger charge is 2.15. The van der Waals surface area contributed by atoms with Crippen molar-refractivity contribution in [2.75, 3.05) is 30.7 Å². The minimum atomic E-state index is -0.219. The van der Waals surface area contributed by atoms with Gasteiger partial charge in [-0.05, 0) is 5.92 Å². The number of rotatable bonds is 6. The van der Waals surface area contributed by atoms with Crippen LogP contribution >= 0.6 is 11.3 Å². The normalized spacial score (nSPS) is 10.6. The lowest BCUT2D eigenvalue weighted by Gasteiger charge is -2.04. The van der Waals surface area contributed by atoms with Gasteiger partial charge in [0.15, 0.2) is 5.13 Å². The Balaban J connectivity index is 2.64. The van der Waals surface area contributed by atoms with E-state index in [1.54, 1.807) is 0 Å². The van der Waals surface area contributed by atoms with Crippen LogP contribution in [0.4, 0.5) is 10.9 Å². The summed E-state index contributed by atoms with van der Waals surface area (Å²) in [5, 5.41) is 6.48. The highest BCUT2D eigenvalue weighted by atomic mass is 32.1. The summed E-state index contributed by atoms with van der Waals surface area (Å²) in [4.78, 5) is 16.2. The van der Waals surface area contributed by atoms with Crippen LogP contribution in [-0.2, 0) is 0 Å². The molecule has 0 saturated carbocycles. The minimum absolute atomic E-state index is 0.219. The van der Waals surface area contributed by atoms with Crippen LogP contribution in [0.1, 0.15) is 23.5 Å². The van der Waals surface area contributed by atoms with Crippen molar-refractivity contribution in [3.8, 4) is 0 Å². The Hall–Kier alpha value is -1.34. The van der Waals surface area contributed by atoms with Crippen molar-refractivity contribution < 1.29 is 4.79 Å². The number of anilines is 2. The van der Waals surface area contributed by atoms with Gasteiger partial charge in [-0.3, -0.25) is 4.79 Å². The SMILES string of the molecule is CC(C)CNc1nc(N)c(C(=O)NCCN)s1. The number of nitrogen functional groups attached to an aromatic ring is 1. The zero-order valence-corrected chi connectivity index (χ0v) is 10.9. The number of hydrogen-bond donors (Lipinski definition) is 4. The fraction of sp³-hybridized carbons (Fsp3) is 0.600. The molecule has 0 aliphatic heterocycles. The molecule has 6 N–H and O–H groups in total. The van der Waals surface area contributed by atoms with Crippen LogP contribution in [-0.4, -0.2) is 30.5 Å². The van der Waals surface area contributed by atoms with Crippen molar-refractivity contribution >= 4 is 28.2 Å². The fourth-order valence-corrected chi connectivity index (χ4v) is 1.94. The monoisotopic (exact) mass is 257 g/mol. The number of nitrogens with zero attached hydrogens (tertiary/aromatic N) is 1. The van der Waals surface area contributed by atoms with Gasteiger partial charge in [0.05, 0.1) is 0 Å². The summed E-state index contributed by atoms with van der Waals surface area (Å²) < 4.78 is 0. The van der Waals surface area contributed by atoms with E-state index in [1.807, 2.05) is 0 Å². The second-order valence-corrected chi connectivity index (χ2v) is 5.05. The van der Waals surface area contributed by atoms with Crippen molar-refractivity contribution in [3.05, 3.63) is 4.88 Å². The van der Waals surface area contributed by atoms with Crippen LogP contribution in [0.25, 0.3) is 0 Å². The summed E-state index contributed by atoms with van der Waals surface area (Å²) >= 11 is 1.26. The van der Waals surface area contributed by atoms with Crippen molar-refractivity contribution in [3.63, 3.8) is 0 Å². The van der Waals surface area contributed by atoms with Crippen LogP contribution < -0.4 is 22.1 Å². The van der Waals surface area contributed by atoms with Gasteiger partial charge in [0.25, 0.3) is 5.91 Å². The Kier molecular flexibility index (Phi) is 5.17. The molecule has 0 saturated heterocycles. The van der Waals surface area contributed by atoms with Gasteiger partial charge < -0.3 is 22.1 Å². The van der Waals surface area contributed by atoms with Crippen molar-refractivity contribution in [1.29, 1.82) is 0 Å². The first-order valence-electron chi connectivity index (χ1n) is 5.53. The Bertz CT molecular complexity index is 377. The molecule has 0 atom stereocenters. The number of hydrogen-bond acceptors (Lipinski definition) is 6. The first-order chi connectivity index (χ1) is 8.04. The second-order valence-electron chi connectivity index (χ2n) is 4.05. The number of carbonyl (C=O) groups excluding carboxylic acids is 1. The van der Waals surface area contributed by atoms with E-state index in [9.17, 15) is 4.79 Å². The van der Waals surface area contributed by atoms with Gasteiger partial charge in [-0.2, -0.15) is 0 Å². The van der Waals surface area contributed by atoms with Crippen LogP contribution in [0.3, 0.4) is 0 Å². The van der Waals surface area contributed by atoms with E-state index in [-0.39, 0.29) is 11.7 Å². The molecule has 0 aliphatic carbocycles. The van der Waals surface area contributed by atoms with Crippen LogP contribution in [0.15, 0.2) is 0 Å². The molecule has 17 heavy (non-hydrogen) atoms. The molecule has 1 heterocycles. The molecule has 1 rings (SSSR count). The first kappa shape index (κ1) is 13.7. The maximum atomic E-state index is 11.7. The molecule has 0 aliphatic rings. The third-order valence-electron chi connectivity index (χ3n) is 1.95. The Morgan fingerprint density at radius 3 is 2.82 bits per heavy atom. The average Bonchev–Trinajstić information content (AvgIpc) is 2.65. The number of aromatic nitrogens is 1. The molecule has 0 radical (unpaired) electrons. The third kappa shape index (κ3) is 4.20. The van der Waals surface area contributed by atoms with E-state index in [4.69, 9.17) is 11.5 Å². The van der Waals surface area contributed by atoms with Gasteiger partial charge in [0.1, 0.15) is 10.7 Å². The highest BCUT2D eigenvalue weighted by molar-refractivity contribution is 7.18. The van der Waals surface area contributed by atoms with E-state index in [0.29, 0.717) is 29.0 Å². The lowest BCUT2D eigenvalue weighted by Crippen LogP contribution is -2.28. The molecule has 6 nitrogen and oxygen atoms in total. The quantitative estimate of drug-likeness (QED) is 0.593. The lowest BCUT2D eigenvalue weighted by atomic mass is 10.2. The number of thiazole rings is 1. The first-order valence-corrected chi connectivity index (χ1v) is 6.34. The smallest absolute Gasteiger partial charge is 0.265 e. The van der Waals surface area contributed by atoms with Crippen molar-refractivity contribution in [2.45, 2.75) is 13.8 Å². The van der Waals surface area contributed by atoms with E-state index >= 15 is 0 Å². The second kappa shape index (κ2) is 6.41. The summed E-state index contributed by atoms with van der Waals surface area (Å²) in [6.45, 7) is 5.84. The van der Waals surface area contributed by atoms with Gasteiger partial charge in [0, 0.05) is 19.6 Å². The Morgan fingerprint density at radius 2 is 2.24 bits per heavy atom. The largest absolute Gasteiger partial charge is 0.382 e. The van der Waals surface area contributed by atoms with Gasteiger partial charge in [0.2, 0.25) is 0 Å². The maximum absolute atomic E-state index is 11.7. The van der Waals surface area contributed by atoms with Gasteiger partial charge in [-0.1, -0.05) is 25.2 Å². The molecule has 1 amide bonds. The van der Waals surface area contributed by atoms with Gasteiger partial charge in [-0.25, -0.2) is 4.98 Å². The molecule has 0 bridgehead atoms. The topological polar surface area (TPSA) is 106 Å².